The minimum atomic E-state index is -4.40. The lowest BCUT2D eigenvalue weighted by molar-refractivity contribution is -0.118. The van der Waals surface area contributed by atoms with Crippen molar-refractivity contribution in [1.29, 1.82) is 5.26 Å². The molecule has 0 bridgehead atoms. The zero-order chi connectivity index (χ0) is 15.0. The maximum atomic E-state index is 11.9. The summed E-state index contributed by atoms with van der Waals surface area (Å²) < 4.78 is 35.7. The van der Waals surface area contributed by atoms with Crippen LogP contribution >= 0.6 is 0 Å². The lowest BCUT2D eigenvalue weighted by Gasteiger charge is -2.04. The molecule has 10 heteroatoms. The number of hydrogen-bond acceptors (Lipinski definition) is 4. The normalized spacial score (nSPS) is 12.2. The first kappa shape index (κ1) is 15.7. The largest absolute Gasteiger partial charge is 0.408 e. The van der Waals surface area contributed by atoms with Crippen LogP contribution in [0, 0.1) is 11.3 Å². The first-order valence-electron chi connectivity index (χ1n) is 5.81. The van der Waals surface area contributed by atoms with Gasteiger partial charge in [0.2, 0.25) is 0 Å². The summed E-state index contributed by atoms with van der Waals surface area (Å²) in [6, 6.07) is 2.02. The predicted octanol–water partition coefficient (Wildman–Crippen LogP) is 1.26. The highest BCUT2D eigenvalue weighted by atomic mass is 19.4. The topological polar surface area (TPSA) is 105 Å². The van der Waals surface area contributed by atoms with E-state index in [-0.39, 0.29) is 11.8 Å². The molecule has 0 fully saturated rings. The van der Waals surface area contributed by atoms with E-state index in [0.29, 0.717) is 13.0 Å². The third-order valence-electron chi connectivity index (χ3n) is 2.12. The number of nitriles is 1. The zero-order valence-electron chi connectivity index (χ0n) is 10.6. The van der Waals surface area contributed by atoms with Gasteiger partial charge in [0.05, 0.1) is 18.8 Å². The SMILES string of the molecule is N#CCCCCn1ncc(NC(N)=NCC(F)(F)F)n1. The van der Waals surface area contributed by atoms with Gasteiger partial charge in [-0.05, 0) is 12.8 Å². The van der Waals surface area contributed by atoms with Gasteiger partial charge >= 0.3 is 6.18 Å². The Bertz CT molecular complexity index is 486. The Morgan fingerprint density at radius 2 is 2.25 bits per heavy atom. The quantitative estimate of drug-likeness (QED) is 0.466. The molecule has 0 aromatic carbocycles. The first-order valence-corrected chi connectivity index (χ1v) is 5.81. The number of anilines is 1. The Labute approximate surface area is 113 Å². The highest BCUT2D eigenvalue weighted by Crippen LogP contribution is 2.14. The number of hydrogen-bond donors (Lipinski definition) is 2. The summed E-state index contributed by atoms with van der Waals surface area (Å²) in [7, 11) is 0. The Balaban J connectivity index is 2.41. The fourth-order valence-corrected chi connectivity index (χ4v) is 1.27. The van der Waals surface area contributed by atoms with Crippen LogP contribution in [0.25, 0.3) is 0 Å². The van der Waals surface area contributed by atoms with Crippen LogP contribution in [0.3, 0.4) is 0 Å². The van der Waals surface area contributed by atoms with Crippen molar-refractivity contribution in [1.82, 2.24) is 15.0 Å². The van der Waals surface area contributed by atoms with Crippen molar-refractivity contribution in [2.45, 2.75) is 32.0 Å². The zero-order valence-corrected chi connectivity index (χ0v) is 10.6. The van der Waals surface area contributed by atoms with E-state index in [4.69, 9.17) is 11.0 Å². The smallest absolute Gasteiger partial charge is 0.370 e. The molecule has 1 heterocycles. The van der Waals surface area contributed by atoms with E-state index in [1.165, 1.54) is 11.0 Å². The number of nitrogens with zero attached hydrogens (tertiary/aromatic N) is 5. The number of aromatic nitrogens is 3. The van der Waals surface area contributed by atoms with Crippen LogP contribution < -0.4 is 11.1 Å². The van der Waals surface area contributed by atoms with Crippen LogP contribution in [-0.4, -0.2) is 33.7 Å². The molecular formula is C10H14F3N7. The van der Waals surface area contributed by atoms with Gasteiger partial charge in [0.1, 0.15) is 6.54 Å². The molecule has 0 saturated heterocycles. The van der Waals surface area contributed by atoms with Crippen LogP contribution in [0.15, 0.2) is 11.2 Å². The average Bonchev–Trinajstić information content (AvgIpc) is 2.79. The first-order chi connectivity index (χ1) is 9.40. The van der Waals surface area contributed by atoms with E-state index in [1.807, 2.05) is 6.07 Å². The molecule has 20 heavy (non-hydrogen) atoms. The predicted molar refractivity (Wildman–Crippen MR) is 65.7 cm³/mol. The van der Waals surface area contributed by atoms with Crippen LogP contribution in [0.4, 0.5) is 19.0 Å². The van der Waals surface area contributed by atoms with E-state index in [1.54, 1.807) is 0 Å². The number of aliphatic imine (C=N–C) groups is 1. The highest BCUT2D eigenvalue weighted by Gasteiger charge is 2.26. The second-order valence-electron chi connectivity index (χ2n) is 3.88. The van der Waals surface area contributed by atoms with Gasteiger partial charge < -0.3 is 11.1 Å². The molecule has 0 atom stereocenters. The third-order valence-corrected chi connectivity index (χ3v) is 2.12. The number of unbranched alkanes of at least 4 members (excludes halogenated alkanes) is 2. The van der Waals surface area contributed by atoms with E-state index in [9.17, 15) is 13.2 Å². The number of aryl methyl sites for hydroxylation is 1. The molecule has 7 nitrogen and oxygen atoms in total. The van der Waals surface area contributed by atoms with Crippen molar-refractivity contribution in [2.75, 3.05) is 11.9 Å². The number of alkyl halides is 3. The monoisotopic (exact) mass is 289 g/mol. The van der Waals surface area contributed by atoms with E-state index in [0.717, 1.165) is 12.8 Å². The van der Waals surface area contributed by atoms with Gasteiger partial charge in [-0.3, -0.25) is 0 Å². The van der Waals surface area contributed by atoms with Crippen molar-refractivity contribution in [3.63, 3.8) is 0 Å². The number of rotatable bonds is 6. The minimum absolute atomic E-state index is 0.216. The molecule has 1 aromatic heterocycles. The Morgan fingerprint density at radius 3 is 2.90 bits per heavy atom. The molecule has 0 radical (unpaired) electrons. The summed E-state index contributed by atoms with van der Waals surface area (Å²) in [6.45, 7) is -0.836. The third kappa shape index (κ3) is 6.58. The lowest BCUT2D eigenvalue weighted by Crippen LogP contribution is -2.25. The summed E-state index contributed by atoms with van der Waals surface area (Å²) in [5.74, 6) is -0.160. The molecular weight excluding hydrogens is 275 g/mol. The summed E-state index contributed by atoms with van der Waals surface area (Å²) in [6.07, 6.45) is -1.14. The molecule has 0 saturated carbocycles. The molecule has 1 aromatic rings. The summed E-state index contributed by atoms with van der Waals surface area (Å²) in [5.41, 5.74) is 5.29. The van der Waals surface area contributed by atoms with Gasteiger partial charge in [0.25, 0.3) is 0 Å². The Morgan fingerprint density at radius 1 is 1.50 bits per heavy atom. The molecule has 0 aliphatic carbocycles. The van der Waals surface area contributed by atoms with E-state index in [2.05, 4.69) is 20.5 Å². The van der Waals surface area contributed by atoms with Gasteiger partial charge in [0, 0.05) is 6.42 Å². The lowest BCUT2D eigenvalue weighted by atomic mass is 10.2. The summed E-state index contributed by atoms with van der Waals surface area (Å²) in [4.78, 5) is 4.50. The second kappa shape index (κ2) is 7.32. The van der Waals surface area contributed by atoms with Crippen molar-refractivity contribution in [3.05, 3.63) is 6.20 Å². The van der Waals surface area contributed by atoms with Crippen LogP contribution in [0.2, 0.25) is 0 Å². The molecule has 0 unspecified atom stereocenters. The van der Waals surface area contributed by atoms with Gasteiger partial charge in [-0.25, -0.2) is 4.99 Å². The van der Waals surface area contributed by atoms with Crippen molar-refractivity contribution in [2.24, 2.45) is 10.7 Å². The number of nitrogens with two attached hydrogens (primary N) is 1. The van der Waals surface area contributed by atoms with E-state index >= 15 is 0 Å². The standard InChI is InChI=1S/C10H14F3N7/c11-10(12,13)7-16-9(15)18-8-6-17-20(19-8)5-3-1-2-4-14/h6H,1-3,5,7H2,(H3,15,16,18,19). The fraction of sp³-hybridized carbons (Fsp3) is 0.600. The van der Waals surface area contributed by atoms with Crippen LogP contribution in [0.1, 0.15) is 19.3 Å². The minimum Gasteiger partial charge on any atom is -0.370 e. The van der Waals surface area contributed by atoms with E-state index < -0.39 is 12.7 Å². The second-order valence-corrected chi connectivity index (χ2v) is 3.88. The fourth-order valence-electron chi connectivity index (χ4n) is 1.27. The number of guanidine groups is 1. The van der Waals surface area contributed by atoms with Gasteiger partial charge in [-0.1, -0.05) is 0 Å². The van der Waals surface area contributed by atoms with Crippen molar-refractivity contribution >= 4 is 11.8 Å². The van der Waals surface area contributed by atoms with Crippen LogP contribution in [0.5, 0.6) is 0 Å². The van der Waals surface area contributed by atoms with Crippen LogP contribution in [-0.2, 0) is 6.54 Å². The molecule has 0 aliphatic heterocycles. The van der Waals surface area contributed by atoms with Gasteiger partial charge in [-0.15, -0.1) is 5.10 Å². The van der Waals surface area contributed by atoms with Gasteiger partial charge in [-0.2, -0.15) is 28.3 Å². The maximum Gasteiger partial charge on any atom is 0.408 e. The Hall–Kier alpha value is -2.31. The highest BCUT2D eigenvalue weighted by molar-refractivity contribution is 5.91. The summed E-state index contributed by atoms with van der Waals surface area (Å²) in [5, 5.41) is 18.7. The molecule has 1 rings (SSSR count). The Kier molecular flexibility index (Phi) is 5.76. The molecule has 0 aliphatic rings. The van der Waals surface area contributed by atoms with Crippen molar-refractivity contribution in [3.8, 4) is 6.07 Å². The van der Waals surface area contributed by atoms with Gasteiger partial charge in [0.15, 0.2) is 11.8 Å². The molecule has 0 amide bonds. The summed E-state index contributed by atoms with van der Waals surface area (Å²) >= 11 is 0. The number of halogens is 3. The van der Waals surface area contributed by atoms with Crippen molar-refractivity contribution < 1.29 is 13.2 Å². The molecule has 0 spiro atoms. The molecule has 3 N–H and O–H groups in total. The maximum absolute atomic E-state index is 11.9. The molecule has 110 valence electrons. The number of nitrogens with one attached hydrogen (secondary N) is 1. The average molecular weight is 289 g/mol.